The molecule has 0 radical (unpaired) electrons. The molecule has 19 heavy (non-hydrogen) atoms. The molecule has 0 aliphatic rings. The van der Waals surface area contributed by atoms with E-state index in [4.69, 9.17) is 10.2 Å². The Labute approximate surface area is 109 Å². The van der Waals surface area contributed by atoms with Gasteiger partial charge in [0, 0.05) is 7.05 Å². The third kappa shape index (κ3) is 2.68. The van der Waals surface area contributed by atoms with Gasteiger partial charge in [-0.1, -0.05) is 6.07 Å². The van der Waals surface area contributed by atoms with Crippen LogP contribution in [0.5, 0.6) is 0 Å². The summed E-state index contributed by atoms with van der Waals surface area (Å²) in [5.74, 6) is -0.810. The molecule has 0 saturated heterocycles. The van der Waals surface area contributed by atoms with E-state index in [0.717, 1.165) is 11.1 Å². The number of esters is 1. The maximum absolute atomic E-state index is 11.4. The number of nitrogens with zero attached hydrogens (tertiary/aromatic N) is 1. The van der Waals surface area contributed by atoms with Crippen molar-refractivity contribution in [3.05, 3.63) is 34.3 Å². The number of hydrogen-bond donors (Lipinski definition) is 1. The Balaban J connectivity index is 2.16. The molecule has 6 heteroatoms. The maximum atomic E-state index is 11.4. The summed E-state index contributed by atoms with van der Waals surface area (Å²) in [6, 6.07) is 4.84. The predicted octanol–water partition coefficient (Wildman–Crippen LogP) is 0.564. The minimum atomic E-state index is -0.631. The lowest BCUT2D eigenvalue weighted by molar-refractivity contribution is -0.142. The monoisotopic (exact) mass is 264 g/mol. The third-order valence-corrected chi connectivity index (χ3v) is 3.10. The number of fused-ring (bicyclic) bond motifs is 1. The van der Waals surface area contributed by atoms with Crippen molar-refractivity contribution in [2.45, 2.75) is 18.9 Å². The Hall–Kier alpha value is -2.08. The standard InChI is InChI=1S/C13H16N2O4/c1-15-10-7-8(3-5-9(14)12(16)18-2)4-6-11(10)19-13(15)17/h4,6-7,9H,3,5,14H2,1-2H3. The van der Waals surface area contributed by atoms with Gasteiger partial charge in [0.2, 0.25) is 0 Å². The quantitative estimate of drug-likeness (QED) is 0.815. The first-order valence-electron chi connectivity index (χ1n) is 5.95. The molecule has 6 nitrogen and oxygen atoms in total. The van der Waals surface area contributed by atoms with Crippen LogP contribution >= 0.6 is 0 Å². The maximum Gasteiger partial charge on any atom is 0.419 e. The Kier molecular flexibility index (Phi) is 3.71. The number of ether oxygens (including phenoxy) is 1. The number of methoxy groups -OCH3 is 1. The molecule has 0 saturated carbocycles. The van der Waals surface area contributed by atoms with Crippen molar-refractivity contribution in [3.8, 4) is 0 Å². The molecule has 2 aromatic rings. The van der Waals surface area contributed by atoms with Crippen LogP contribution in [0.15, 0.2) is 27.4 Å². The first kappa shape index (κ1) is 13.4. The van der Waals surface area contributed by atoms with E-state index >= 15 is 0 Å². The average molecular weight is 264 g/mol. The average Bonchev–Trinajstić information content (AvgIpc) is 2.70. The van der Waals surface area contributed by atoms with E-state index in [-0.39, 0.29) is 0 Å². The zero-order valence-electron chi connectivity index (χ0n) is 10.9. The molecule has 2 N–H and O–H groups in total. The number of benzene rings is 1. The van der Waals surface area contributed by atoms with E-state index in [1.165, 1.54) is 11.7 Å². The van der Waals surface area contributed by atoms with Gasteiger partial charge in [-0.3, -0.25) is 9.36 Å². The second-order valence-electron chi connectivity index (χ2n) is 4.40. The van der Waals surface area contributed by atoms with Gasteiger partial charge in [-0.2, -0.15) is 0 Å². The second kappa shape index (κ2) is 5.27. The number of nitrogens with two attached hydrogens (primary N) is 1. The summed E-state index contributed by atoms with van der Waals surface area (Å²) in [4.78, 5) is 22.6. The van der Waals surface area contributed by atoms with Crippen molar-refractivity contribution in [1.82, 2.24) is 4.57 Å². The molecule has 0 fully saturated rings. The molecule has 102 valence electrons. The fraction of sp³-hybridized carbons (Fsp3) is 0.385. The third-order valence-electron chi connectivity index (χ3n) is 3.10. The van der Waals surface area contributed by atoms with E-state index in [1.807, 2.05) is 12.1 Å². The van der Waals surface area contributed by atoms with Crippen molar-refractivity contribution < 1.29 is 13.9 Å². The zero-order chi connectivity index (χ0) is 14.0. The van der Waals surface area contributed by atoms with E-state index < -0.39 is 17.8 Å². The summed E-state index contributed by atoms with van der Waals surface area (Å²) in [7, 11) is 2.97. The minimum Gasteiger partial charge on any atom is -0.468 e. The lowest BCUT2D eigenvalue weighted by atomic mass is 10.1. The van der Waals surface area contributed by atoms with Gasteiger partial charge < -0.3 is 14.9 Å². The van der Waals surface area contributed by atoms with Crippen LogP contribution in [0.2, 0.25) is 0 Å². The topological polar surface area (TPSA) is 87.5 Å². The number of carbonyl (C=O) groups excluding carboxylic acids is 1. The predicted molar refractivity (Wildman–Crippen MR) is 69.8 cm³/mol. The minimum absolute atomic E-state index is 0.390. The molecule has 0 aliphatic heterocycles. The summed E-state index contributed by atoms with van der Waals surface area (Å²) in [5, 5.41) is 0. The van der Waals surface area contributed by atoms with E-state index in [9.17, 15) is 9.59 Å². The summed E-state index contributed by atoms with van der Waals surface area (Å²) in [6.07, 6.45) is 1.12. The largest absolute Gasteiger partial charge is 0.468 e. The Morgan fingerprint density at radius 3 is 2.95 bits per heavy atom. The van der Waals surface area contributed by atoms with Crippen LogP contribution in [0, 0.1) is 0 Å². The summed E-state index contributed by atoms with van der Waals surface area (Å²) in [6.45, 7) is 0. The lowest BCUT2D eigenvalue weighted by Crippen LogP contribution is -2.31. The number of rotatable bonds is 4. The van der Waals surface area contributed by atoms with Gasteiger partial charge in [0.25, 0.3) is 0 Å². The van der Waals surface area contributed by atoms with Gasteiger partial charge in [0.05, 0.1) is 12.6 Å². The number of oxazole rings is 1. The zero-order valence-corrected chi connectivity index (χ0v) is 10.9. The smallest absolute Gasteiger partial charge is 0.419 e. The van der Waals surface area contributed by atoms with Crippen LogP contribution in [0.25, 0.3) is 11.1 Å². The van der Waals surface area contributed by atoms with E-state index in [2.05, 4.69) is 4.74 Å². The summed E-state index contributed by atoms with van der Waals surface area (Å²) in [5.41, 5.74) is 7.94. The highest BCUT2D eigenvalue weighted by Gasteiger charge is 2.14. The number of carbonyl (C=O) groups is 1. The van der Waals surface area contributed by atoms with Crippen molar-refractivity contribution in [2.24, 2.45) is 12.8 Å². The van der Waals surface area contributed by atoms with Crippen LogP contribution in [0.3, 0.4) is 0 Å². The molecule has 0 amide bonds. The molecule has 0 spiro atoms. The SMILES string of the molecule is COC(=O)C(N)CCc1ccc2oc(=O)n(C)c2c1. The molecule has 2 rings (SSSR count). The van der Waals surface area contributed by atoms with Crippen LogP contribution in [0.4, 0.5) is 0 Å². The normalized spacial score (nSPS) is 12.6. The molecular formula is C13H16N2O4. The fourth-order valence-corrected chi connectivity index (χ4v) is 1.92. The molecule has 0 aliphatic carbocycles. The summed E-state index contributed by atoms with van der Waals surface area (Å²) >= 11 is 0. The van der Waals surface area contributed by atoms with Crippen LogP contribution in [-0.2, 0) is 23.0 Å². The van der Waals surface area contributed by atoms with Gasteiger partial charge in [-0.15, -0.1) is 0 Å². The highest BCUT2D eigenvalue weighted by atomic mass is 16.5. The molecule has 1 aromatic carbocycles. The van der Waals surface area contributed by atoms with Crippen molar-refractivity contribution in [3.63, 3.8) is 0 Å². The first-order valence-corrected chi connectivity index (χ1v) is 5.95. The van der Waals surface area contributed by atoms with E-state index in [1.54, 1.807) is 13.1 Å². The van der Waals surface area contributed by atoms with Gasteiger partial charge in [-0.05, 0) is 30.5 Å². The molecule has 1 heterocycles. The van der Waals surface area contributed by atoms with Crippen molar-refractivity contribution in [2.75, 3.05) is 7.11 Å². The van der Waals surface area contributed by atoms with Crippen molar-refractivity contribution in [1.29, 1.82) is 0 Å². The highest BCUT2D eigenvalue weighted by Crippen LogP contribution is 2.15. The molecule has 1 atom stereocenters. The van der Waals surface area contributed by atoms with Gasteiger partial charge in [0.15, 0.2) is 5.58 Å². The number of hydrogen-bond acceptors (Lipinski definition) is 5. The van der Waals surface area contributed by atoms with Crippen LogP contribution < -0.4 is 11.5 Å². The molecule has 0 bridgehead atoms. The fourth-order valence-electron chi connectivity index (χ4n) is 1.92. The molecule has 1 unspecified atom stereocenters. The van der Waals surface area contributed by atoms with Gasteiger partial charge in [-0.25, -0.2) is 4.79 Å². The highest BCUT2D eigenvalue weighted by molar-refractivity contribution is 5.75. The first-order chi connectivity index (χ1) is 9.02. The second-order valence-corrected chi connectivity index (χ2v) is 4.40. The molecule has 1 aromatic heterocycles. The van der Waals surface area contributed by atoms with Crippen LogP contribution in [-0.4, -0.2) is 23.7 Å². The Morgan fingerprint density at radius 1 is 1.53 bits per heavy atom. The van der Waals surface area contributed by atoms with Gasteiger partial charge in [0.1, 0.15) is 6.04 Å². The Bertz CT molecular complexity index is 656. The lowest BCUT2D eigenvalue weighted by Gasteiger charge is -2.08. The van der Waals surface area contributed by atoms with E-state index in [0.29, 0.717) is 18.4 Å². The summed E-state index contributed by atoms with van der Waals surface area (Å²) < 4.78 is 11.1. The number of aryl methyl sites for hydroxylation is 2. The van der Waals surface area contributed by atoms with Crippen LogP contribution in [0.1, 0.15) is 12.0 Å². The Morgan fingerprint density at radius 2 is 2.26 bits per heavy atom. The number of aromatic nitrogens is 1. The van der Waals surface area contributed by atoms with Crippen molar-refractivity contribution >= 4 is 17.1 Å². The molecular weight excluding hydrogens is 248 g/mol. The van der Waals surface area contributed by atoms with Gasteiger partial charge >= 0.3 is 11.7 Å².